The molecule has 0 bridgehead atoms. The molecule has 11 heteroatoms. The first kappa shape index (κ1) is 32.7. The van der Waals surface area contributed by atoms with E-state index in [9.17, 15) is 18.0 Å². The van der Waals surface area contributed by atoms with E-state index in [2.05, 4.69) is 5.32 Å². The van der Waals surface area contributed by atoms with Gasteiger partial charge in [-0.1, -0.05) is 79.0 Å². The van der Waals surface area contributed by atoms with Crippen molar-refractivity contribution in [2.24, 2.45) is 0 Å². The summed E-state index contributed by atoms with van der Waals surface area (Å²) in [4.78, 5) is 28.9. The van der Waals surface area contributed by atoms with Crippen LogP contribution in [-0.4, -0.2) is 43.8 Å². The van der Waals surface area contributed by atoms with Crippen molar-refractivity contribution in [2.45, 2.75) is 64.1 Å². The summed E-state index contributed by atoms with van der Waals surface area (Å²) in [5.41, 5.74) is 1.62. The standard InChI is InChI=1S/C30H34Cl3N3O4S/c1-5-21(4)34-30(38)28(6-2)35(18-22-13-15-25(31)27(33)16-22)29(37)19-36(23-14-12-20(3)26(32)17-23)41(39,40)24-10-8-7-9-11-24/h7-17,21,28H,5-6,18-19H2,1-4H3,(H,34,38)/t21-,28-/m1/s1. The van der Waals surface area contributed by atoms with Gasteiger partial charge in [0.05, 0.1) is 20.6 Å². The maximum atomic E-state index is 14.1. The zero-order chi connectivity index (χ0) is 30.3. The summed E-state index contributed by atoms with van der Waals surface area (Å²) in [6.45, 7) is 6.87. The Hall–Kier alpha value is -2.78. The minimum absolute atomic E-state index is 0.00995. The van der Waals surface area contributed by atoms with Gasteiger partial charge >= 0.3 is 0 Å². The van der Waals surface area contributed by atoms with E-state index >= 15 is 0 Å². The number of rotatable bonds is 12. The van der Waals surface area contributed by atoms with E-state index in [4.69, 9.17) is 34.8 Å². The SMILES string of the molecule is CC[C@@H](C)NC(=O)[C@@H](CC)N(Cc1ccc(Cl)c(Cl)c1)C(=O)CN(c1ccc(C)c(Cl)c1)S(=O)(=O)c1ccccc1. The average molecular weight is 639 g/mol. The average Bonchev–Trinajstić information content (AvgIpc) is 2.95. The van der Waals surface area contributed by atoms with Gasteiger partial charge in [0, 0.05) is 17.6 Å². The van der Waals surface area contributed by atoms with Gasteiger partial charge < -0.3 is 10.2 Å². The predicted octanol–water partition coefficient (Wildman–Crippen LogP) is 6.87. The van der Waals surface area contributed by atoms with Crippen LogP contribution in [0.5, 0.6) is 0 Å². The molecule has 0 heterocycles. The summed E-state index contributed by atoms with van der Waals surface area (Å²) in [7, 11) is -4.19. The largest absolute Gasteiger partial charge is 0.352 e. The number of carbonyl (C=O) groups is 2. The third-order valence-electron chi connectivity index (χ3n) is 6.78. The maximum absolute atomic E-state index is 14.1. The fourth-order valence-electron chi connectivity index (χ4n) is 4.18. The van der Waals surface area contributed by atoms with E-state index in [1.54, 1.807) is 62.4 Å². The Balaban J connectivity index is 2.09. The van der Waals surface area contributed by atoms with Gasteiger partial charge in [-0.05, 0) is 74.2 Å². The molecule has 2 amide bonds. The number of nitrogens with one attached hydrogen (secondary N) is 1. The molecular formula is C30H34Cl3N3O4S. The molecule has 3 rings (SSSR count). The van der Waals surface area contributed by atoms with Crippen molar-refractivity contribution < 1.29 is 18.0 Å². The third kappa shape index (κ3) is 8.16. The number of anilines is 1. The van der Waals surface area contributed by atoms with E-state index in [1.165, 1.54) is 23.1 Å². The lowest BCUT2D eigenvalue weighted by Crippen LogP contribution is -2.53. The molecule has 0 aliphatic rings. The first-order valence-corrected chi connectivity index (χ1v) is 15.8. The van der Waals surface area contributed by atoms with E-state index in [0.717, 1.165) is 9.87 Å². The Morgan fingerprint density at radius 1 is 0.878 bits per heavy atom. The molecule has 0 spiro atoms. The number of benzene rings is 3. The van der Waals surface area contributed by atoms with Crippen LogP contribution in [0.3, 0.4) is 0 Å². The minimum Gasteiger partial charge on any atom is -0.352 e. The van der Waals surface area contributed by atoms with Crippen molar-refractivity contribution in [3.63, 3.8) is 0 Å². The molecule has 0 unspecified atom stereocenters. The highest BCUT2D eigenvalue weighted by atomic mass is 35.5. The molecule has 7 nitrogen and oxygen atoms in total. The topological polar surface area (TPSA) is 86.8 Å². The summed E-state index contributed by atoms with van der Waals surface area (Å²) in [6.07, 6.45) is 1.01. The molecule has 0 aliphatic heterocycles. The quantitative estimate of drug-likeness (QED) is 0.235. The van der Waals surface area contributed by atoms with Crippen LogP contribution in [0, 0.1) is 6.92 Å². The molecule has 0 aromatic heterocycles. The van der Waals surface area contributed by atoms with Gasteiger partial charge in [0.1, 0.15) is 12.6 Å². The lowest BCUT2D eigenvalue weighted by Gasteiger charge is -2.34. The van der Waals surface area contributed by atoms with Crippen molar-refractivity contribution >= 4 is 62.3 Å². The van der Waals surface area contributed by atoms with Gasteiger partial charge in [-0.2, -0.15) is 0 Å². The summed E-state index contributed by atoms with van der Waals surface area (Å²) in [5, 5.41) is 3.96. The first-order chi connectivity index (χ1) is 19.4. The summed E-state index contributed by atoms with van der Waals surface area (Å²) in [5.74, 6) is -0.899. The van der Waals surface area contributed by atoms with E-state index in [-0.39, 0.29) is 29.1 Å². The zero-order valence-electron chi connectivity index (χ0n) is 23.4. The van der Waals surface area contributed by atoms with Crippen molar-refractivity contribution in [3.8, 4) is 0 Å². The number of hydrogen-bond donors (Lipinski definition) is 1. The normalized spacial score (nSPS) is 12.9. The molecule has 41 heavy (non-hydrogen) atoms. The molecule has 2 atom stereocenters. The molecule has 3 aromatic rings. The highest BCUT2D eigenvalue weighted by Gasteiger charge is 2.34. The number of carbonyl (C=O) groups excluding carboxylic acids is 2. The van der Waals surface area contributed by atoms with Crippen LogP contribution >= 0.6 is 34.8 Å². The number of nitrogens with zero attached hydrogens (tertiary/aromatic N) is 2. The second kappa shape index (κ2) is 14.4. The highest BCUT2D eigenvalue weighted by molar-refractivity contribution is 7.92. The van der Waals surface area contributed by atoms with E-state index in [0.29, 0.717) is 33.5 Å². The van der Waals surface area contributed by atoms with Crippen LogP contribution in [0.25, 0.3) is 0 Å². The Morgan fingerprint density at radius 3 is 2.15 bits per heavy atom. The fraction of sp³-hybridized carbons (Fsp3) is 0.333. The predicted molar refractivity (Wildman–Crippen MR) is 166 cm³/mol. The Bertz CT molecular complexity index is 1490. The van der Waals surface area contributed by atoms with Crippen molar-refractivity contribution in [3.05, 3.63) is 92.9 Å². The molecular weight excluding hydrogens is 605 g/mol. The molecule has 0 saturated carbocycles. The molecule has 0 radical (unpaired) electrons. The van der Waals surface area contributed by atoms with Gasteiger partial charge in [0.2, 0.25) is 11.8 Å². The van der Waals surface area contributed by atoms with Crippen molar-refractivity contribution in [1.82, 2.24) is 10.2 Å². The number of aryl methyl sites for hydroxylation is 1. The smallest absolute Gasteiger partial charge is 0.264 e. The van der Waals surface area contributed by atoms with Crippen LogP contribution in [0.2, 0.25) is 15.1 Å². The lowest BCUT2D eigenvalue weighted by molar-refractivity contribution is -0.140. The summed E-state index contributed by atoms with van der Waals surface area (Å²) < 4.78 is 28.8. The molecule has 0 aliphatic carbocycles. The molecule has 220 valence electrons. The number of amides is 2. The number of sulfonamides is 1. The van der Waals surface area contributed by atoms with Gasteiger partial charge in [-0.3, -0.25) is 13.9 Å². The molecule has 0 fully saturated rings. The van der Waals surface area contributed by atoms with Crippen LogP contribution in [-0.2, 0) is 26.2 Å². The monoisotopic (exact) mass is 637 g/mol. The van der Waals surface area contributed by atoms with Crippen molar-refractivity contribution in [1.29, 1.82) is 0 Å². The Labute approximate surface area is 257 Å². The van der Waals surface area contributed by atoms with Crippen LogP contribution < -0.4 is 9.62 Å². The zero-order valence-corrected chi connectivity index (χ0v) is 26.5. The first-order valence-electron chi connectivity index (χ1n) is 13.3. The van der Waals surface area contributed by atoms with Crippen molar-refractivity contribution in [2.75, 3.05) is 10.8 Å². The van der Waals surface area contributed by atoms with Crippen LogP contribution in [0.15, 0.2) is 71.6 Å². The summed E-state index contributed by atoms with van der Waals surface area (Å²) in [6, 6.07) is 16.6. The fourth-order valence-corrected chi connectivity index (χ4v) is 6.10. The van der Waals surface area contributed by atoms with Crippen LogP contribution in [0.1, 0.15) is 44.7 Å². The number of hydrogen-bond acceptors (Lipinski definition) is 4. The molecule has 3 aromatic carbocycles. The Morgan fingerprint density at radius 2 is 1.56 bits per heavy atom. The van der Waals surface area contributed by atoms with Gasteiger partial charge in [-0.25, -0.2) is 8.42 Å². The van der Waals surface area contributed by atoms with Gasteiger partial charge in [0.25, 0.3) is 10.0 Å². The lowest BCUT2D eigenvalue weighted by atomic mass is 10.1. The van der Waals surface area contributed by atoms with Gasteiger partial charge in [-0.15, -0.1) is 0 Å². The summed E-state index contributed by atoms with van der Waals surface area (Å²) >= 11 is 18.7. The molecule has 1 N–H and O–H groups in total. The van der Waals surface area contributed by atoms with E-state index < -0.39 is 28.5 Å². The van der Waals surface area contributed by atoms with Gasteiger partial charge in [0.15, 0.2) is 0 Å². The molecule has 0 saturated heterocycles. The second-order valence-corrected chi connectivity index (χ2v) is 12.9. The third-order valence-corrected chi connectivity index (χ3v) is 9.71. The van der Waals surface area contributed by atoms with E-state index in [1.807, 2.05) is 13.8 Å². The highest BCUT2D eigenvalue weighted by Crippen LogP contribution is 2.29. The maximum Gasteiger partial charge on any atom is 0.264 e. The van der Waals surface area contributed by atoms with Crippen LogP contribution in [0.4, 0.5) is 5.69 Å². The Kier molecular flexibility index (Phi) is 11.5. The second-order valence-electron chi connectivity index (χ2n) is 9.77. The number of halogens is 3. The minimum atomic E-state index is -4.19.